The van der Waals surface area contributed by atoms with Gasteiger partial charge in [0.15, 0.2) is 0 Å². The Morgan fingerprint density at radius 3 is 2.50 bits per heavy atom. The molecule has 2 nitrogen and oxygen atoms in total. The summed E-state index contributed by atoms with van der Waals surface area (Å²) in [5, 5.41) is 0. The molecule has 0 aromatic rings. The van der Waals surface area contributed by atoms with Crippen LogP contribution in [0.15, 0.2) is 0 Å². The fourth-order valence-electron chi connectivity index (χ4n) is 3.36. The summed E-state index contributed by atoms with van der Waals surface area (Å²) in [6.07, 6.45) is 2.87. The zero-order chi connectivity index (χ0) is 13.3. The van der Waals surface area contributed by atoms with Gasteiger partial charge in [0.05, 0.1) is 0 Å². The zero-order valence-corrected chi connectivity index (χ0v) is 11.8. The predicted octanol–water partition coefficient (Wildman–Crippen LogP) is 2.98. The van der Waals surface area contributed by atoms with E-state index in [4.69, 9.17) is 0 Å². The van der Waals surface area contributed by atoms with E-state index in [1.165, 1.54) is 0 Å². The van der Waals surface area contributed by atoms with E-state index in [0.29, 0.717) is 18.5 Å². The normalized spacial score (nSPS) is 33.5. The van der Waals surface area contributed by atoms with Crippen molar-refractivity contribution in [2.75, 3.05) is 20.1 Å². The van der Waals surface area contributed by atoms with Gasteiger partial charge in [0.2, 0.25) is 5.92 Å². The summed E-state index contributed by atoms with van der Waals surface area (Å²) in [7, 11) is 2.04. The van der Waals surface area contributed by atoms with Crippen LogP contribution in [0.5, 0.6) is 0 Å². The van der Waals surface area contributed by atoms with Crippen LogP contribution in [-0.2, 0) is 0 Å². The standard InChI is InChI=1S/C14H26F2N2/c1-11(2)18-8-6-13(10-18)17(3)12-5-4-7-14(15,16)9-12/h11-13H,4-10H2,1-3H3/t12-,13+/m0/s1. The molecule has 1 heterocycles. The highest BCUT2D eigenvalue weighted by molar-refractivity contribution is 4.90. The Labute approximate surface area is 109 Å². The predicted molar refractivity (Wildman–Crippen MR) is 70.1 cm³/mol. The lowest BCUT2D eigenvalue weighted by molar-refractivity contribution is -0.0649. The van der Waals surface area contributed by atoms with Gasteiger partial charge >= 0.3 is 0 Å². The van der Waals surface area contributed by atoms with Crippen molar-refractivity contribution in [2.45, 2.75) is 70.0 Å². The fraction of sp³-hybridized carbons (Fsp3) is 1.00. The third kappa shape index (κ3) is 3.21. The Bertz CT molecular complexity index is 281. The van der Waals surface area contributed by atoms with Gasteiger partial charge in [-0.25, -0.2) is 8.78 Å². The van der Waals surface area contributed by atoms with E-state index in [9.17, 15) is 8.78 Å². The van der Waals surface area contributed by atoms with Crippen LogP contribution in [0.1, 0.15) is 46.0 Å². The molecule has 0 N–H and O–H groups in total. The van der Waals surface area contributed by atoms with E-state index in [2.05, 4.69) is 23.6 Å². The molecule has 1 aliphatic carbocycles. The van der Waals surface area contributed by atoms with Gasteiger partial charge in [-0.05, 0) is 40.2 Å². The van der Waals surface area contributed by atoms with E-state index in [0.717, 1.165) is 25.9 Å². The van der Waals surface area contributed by atoms with Crippen LogP contribution >= 0.6 is 0 Å². The van der Waals surface area contributed by atoms with Crippen molar-refractivity contribution < 1.29 is 8.78 Å². The fourth-order valence-corrected chi connectivity index (χ4v) is 3.36. The summed E-state index contributed by atoms with van der Waals surface area (Å²) >= 11 is 0. The minimum absolute atomic E-state index is 0.0572. The molecule has 2 atom stereocenters. The van der Waals surface area contributed by atoms with Crippen molar-refractivity contribution >= 4 is 0 Å². The lowest BCUT2D eigenvalue weighted by atomic mass is 9.90. The molecule has 2 aliphatic rings. The topological polar surface area (TPSA) is 6.48 Å². The van der Waals surface area contributed by atoms with Gasteiger partial charge in [0.1, 0.15) is 0 Å². The summed E-state index contributed by atoms with van der Waals surface area (Å²) in [5.41, 5.74) is 0. The van der Waals surface area contributed by atoms with Gasteiger partial charge in [-0.15, -0.1) is 0 Å². The first kappa shape index (κ1) is 14.2. The van der Waals surface area contributed by atoms with Gasteiger partial charge in [-0.1, -0.05) is 0 Å². The van der Waals surface area contributed by atoms with Crippen LogP contribution in [0, 0.1) is 0 Å². The number of hydrogen-bond donors (Lipinski definition) is 0. The number of halogens is 2. The molecule has 0 unspecified atom stereocenters. The van der Waals surface area contributed by atoms with Crippen LogP contribution in [0.25, 0.3) is 0 Å². The Morgan fingerprint density at radius 2 is 1.94 bits per heavy atom. The monoisotopic (exact) mass is 260 g/mol. The number of rotatable bonds is 3. The molecule has 1 saturated carbocycles. The summed E-state index contributed by atoms with van der Waals surface area (Å²) < 4.78 is 26.9. The molecule has 0 radical (unpaired) electrons. The van der Waals surface area contributed by atoms with Crippen molar-refractivity contribution in [2.24, 2.45) is 0 Å². The van der Waals surface area contributed by atoms with Crippen LogP contribution in [-0.4, -0.2) is 54.0 Å². The smallest absolute Gasteiger partial charge is 0.249 e. The second kappa shape index (κ2) is 5.41. The Morgan fingerprint density at radius 1 is 1.22 bits per heavy atom. The second-order valence-electron chi connectivity index (χ2n) is 6.30. The highest BCUT2D eigenvalue weighted by Crippen LogP contribution is 2.36. The van der Waals surface area contributed by atoms with Crippen molar-refractivity contribution in [3.63, 3.8) is 0 Å². The van der Waals surface area contributed by atoms with Gasteiger partial charge in [0, 0.05) is 44.1 Å². The summed E-state index contributed by atoms with van der Waals surface area (Å²) in [6.45, 7) is 6.56. The summed E-state index contributed by atoms with van der Waals surface area (Å²) in [6, 6.07) is 1.10. The van der Waals surface area contributed by atoms with E-state index < -0.39 is 5.92 Å². The van der Waals surface area contributed by atoms with Gasteiger partial charge in [-0.3, -0.25) is 9.80 Å². The first-order valence-electron chi connectivity index (χ1n) is 7.23. The van der Waals surface area contributed by atoms with Crippen LogP contribution < -0.4 is 0 Å². The van der Waals surface area contributed by atoms with Crippen molar-refractivity contribution in [1.82, 2.24) is 9.80 Å². The molecule has 0 spiro atoms. The molecule has 4 heteroatoms. The van der Waals surface area contributed by atoms with E-state index in [-0.39, 0.29) is 18.9 Å². The molecule has 106 valence electrons. The minimum atomic E-state index is -2.44. The number of likely N-dealkylation sites (tertiary alicyclic amines) is 1. The third-order valence-corrected chi connectivity index (χ3v) is 4.69. The first-order valence-corrected chi connectivity index (χ1v) is 7.23. The molecular formula is C14H26F2N2. The van der Waals surface area contributed by atoms with Crippen molar-refractivity contribution in [3.8, 4) is 0 Å². The molecule has 1 saturated heterocycles. The lowest BCUT2D eigenvalue weighted by Gasteiger charge is -2.38. The highest BCUT2D eigenvalue weighted by atomic mass is 19.3. The first-order chi connectivity index (χ1) is 8.39. The molecule has 18 heavy (non-hydrogen) atoms. The van der Waals surface area contributed by atoms with Gasteiger partial charge < -0.3 is 0 Å². The molecule has 0 bridgehead atoms. The number of hydrogen-bond acceptors (Lipinski definition) is 2. The average Bonchev–Trinajstić information content (AvgIpc) is 2.76. The van der Waals surface area contributed by atoms with Crippen molar-refractivity contribution in [3.05, 3.63) is 0 Å². The highest BCUT2D eigenvalue weighted by Gasteiger charge is 2.40. The Balaban J connectivity index is 1.90. The second-order valence-corrected chi connectivity index (χ2v) is 6.30. The quantitative estimate of drug-likeness (QED) is 0.769. The van der Waals surface area contributed by atoms with E-state index in [1.807, 2.05) is 7.05 Å². The summed E-state index contributed by atoms with van der Waals surface area (Å²) in [4.78, 5) is 4.68. The number of likely N-dealkylation sites (N-methyl/N-ethyl adjacent to an activating group) is 1. The maximum Gasteiger partial charge on any atom is 0.249 e. The van der Waals surface area contributed by atoms with Crippen molar-refractivity contribution in [1.29, 1.82) is 0 Å². The lowest BCUT2D eigenvalue weighted by Crippen LogP contribution is -2.46. The maximum atomic E-state index is 13.5. The van der Waals surface area contributed by atoms with Crippen LogP contribution in [0.2, 0.25) is 0 Å². The zero-order valence-electron chi connectivity index (χ0n) is 11.8. The number of alkyl halides is 2. The summed E-state index contributed by atoms with van der Waals surface area (Å²) in [5.74, 6) is -2.44. The maximum absolute atomic E-state index is 13.5. The third-order valence-electron chi connectivity index (χ3n) is 4.69. The molecule has 1 aliphatic heterocycles. The molecule has 0 amide bonds. The molecule has 0 aromatic carbocycles. The SMILES string of the molecule is CC(C)N1CC[C@@H](N(C)[C@H]2CCCC(F)(F)C2)C1. The average molecular weight is 260 g/mol. The van der Waals surface area contributed by atoms with Crippen LogP contribution in [0.4, 0.5) is 8.78 Å². The molecule has 2 fully saturated rings. The molecule has 2 rings (SSSR count). The Kier molecular flexibility index (Phi) is 4.27. The van der Waals surface area contributed by atoms with Gasteiger partial charge in [0.25, 0.3) is 0 Å². The largest absolute Gasteiger partial charge is 0.299 e. The van der Waals surface area contributed by atoms with Gasteiger partial charge in [-0.2, -0.15) is 0 Å². The molecular weight excluding hydrogens is 234 g/mol. The van der Waals surface area contributed by atoms with E-state index >= 15 is 0 Å². The molecule has 0 aromatic heterocycles. The van der Waals surface area contributed by atoms with E-state index in [1.54, 1.807) is 0 Å². The number of nitrogens with zero attached hydrogens (tertiary/aromatic N) is 2. The van der Waals surface area contributed by atoms with Crippen LogP contribution in [0.3, 0.4) is 0 Å². The minimum Gasteiger partial charge on any atom is -0.299 e. The Hall–Kier alpha value is -0.220.